The number of carboxylic acid groups (broad SMARTS) is 3. The molecule has 2 fully saturated rings. The Hall–Kier alpha value is -2.81. The summed E-state index contributed by atoms with van der Waals surface area (Å²) in [7, 11) is 0. The van der Waals surface area contributed by atoms with Crippen LogP contribution < -0.4 is 10.6 Å². The zero-order valence-corrected chi connectivity index (χ0v) is 26.5. The molecule has 0 unspecified atom stereocenters. The van der Waals surface area contributed by atoms with E-state index in [0.29, 0.717) is 70.7 Å². The minimum Gasteiger partial charge on any atom is -0.480 e. The van der Waals surface area contributed by atoms with Crippen molar-refractivity contribution in [3.05, 3.63) is 0 Å². The van der Waals surface area contributed by atoms with E-state index in [2.05, 4.69) is 24.5 Å². The van der Waals surface area contributed by atoms with E-state index in [0.717, 1.165) is 45.1 Å². The molecular formula is C30H54N6O8. The van der Waals surface area contributed by atoms with E-state index in [1.807, 2.05) is 4.90 Å². The highest BCUT2D eigenvalue weighted by Gasteiger charge is 2.27. The normalized spacial score (nSPS) is 22.1. The van der Waals surface area contributed by atoms with Crippen LogP contribution in [-0.4, -0.2) is 156 Å². The van der Waals surface area contributed by atoms with Crippen molar-refractivity contribution in [3.8, 4) is 0 Å². The lowest BCUT2D eigenvalue weighted by molar-refractivity contribution is -0.140. The van der Waals surface area contributed by atoms with Gasteiger partial charge in [-0.25, -0.2) is 0 Å². The number of aliphatic carboxylic acids is 3. The van der Waals surface area contributed by atoms with E-state index in [9.17, 15) is 39.3 Å². The fraction of sp³-hybridized carbons (Fsp3) is 0.833. The van der Waals surface area contributed by atoms with Gasteiger partial charge in [0.05, 0.1) is 26.2 Å². The molecule has 2 aliphatic rings. The van der Waals surface area contributed by atoms with E-state index in [4.69, 9.17) is 0 Å². The first-order valence-corrected chi connectivity index (χ1v) is 16.0. The third-order valence-electron chi connectivity index (χ3n) is 8.44. The Morgan fingerprint density at radius 1 is 0.636 bits per heavy atom. The van der Waals surface area contributed by atoms with Crippen LogP contribution in [0.2, 0.25) is 0 Å². The molecule has 1 saturated heterocycles. The first-order valence-electron chi connectivity index (χ1n) is 16.0. The first-order chi connectivity index (χ1) is 20.9. The van der Waals surface area contributed by atoms with Crippen LogP contribution in [0.25, 0.3) is 0 Å². The molecule has 1 heterocycles. The Bertz CT molecular complexity index is 895. The summed E-state index contributed by atoms with van der Waals surface area (Å²) in [6, 6.07) is 0. The van der Waals surface area contributed by atoms with Crippen LogP contribution in [0.15, 0.2) is 0 Å². The smallest absolute Gasteiger partial charge is 0.317 e. The molecule has 14 nitrogen and oxygen atoms in total. The average molecular weight is 627 g/mol. The molecular weight excluding hydrogens is 572 g/mol. The SMILES string of the molecule is CC(C)CCCNC(=O)[C@H]1CC[C@H](CNC(=O)CN2CCN(CC(=O)O)CCN(CC(=O)O)CCN(CC(=O)O)CC2)CC1. The maximum absolute atomic E-state index is 13.0. The Labute approximate surface area is 261 Å². The van der Waals surface area contributed by atoms with Gasteiger partial charge in [-0.15, -0.1) is 0 Å². The molecule has 1 aliphatic carbocycles. The second-order valence-electron chi connectivity index (χ2n) is 12.6. The van der Waals surface area contributed by atoms with Crippen LogP contribution in [0, 0.1) is 17.8 Å². The summed E-state index contributed by atoms with van der Waals surface area (Å²) in [5, 5.41) is 34.2. The van der Waals surface area contributed by atoms with Crippen molar-refractivity contribution in [2.75, 3.05) is 91.6 Å². The second kappa shape index (κ2) is 20.3. The fourth-order valence-corrected chi connectivity index (χ4v) is 5.80. The summed E-state index contributed by atoms with van der Waals surface area (Å²) in [5.41, 5.74) is 0. The summed E-state index contributed by atoms with van der Waals surface area (Å²) >= 11 is 0. The summed E-state index contributed by atoms with van der Waals surface area (Å²) in [6.07, 6.45) is 5.46. The molecule has 1 aliphatic heterocycles. The lowest BCUT2D eigenvalue weighted by Gasteiger charge is -2.33. The van der Waals surface area contributed by atoms with Gasteiger partial charge < -0.3 is 26.0 Å². The van der Waals surface area contributed by atoms with E-state index in [1.54, 1.807) is 14.7 Å². The minimum atomic E-state index is -1.00. The van der Waals surface area contributed by atoms with Gasteiger partial charge in [0.15, 0.2) is 0 Å². The second-order valence-corrected chi connectivity index (χ2v) is 12.6. The van der Waals surface area contributed by atoms with Gasteiger partial charge in [0.1, 0.15) is 0 Å². The topological polar surface area (TPSA) is 183 Å². The maximum Gasteiger partial charge on any atom is 0.317 e. The lowest BCUT2D eigenvalue weighted by atomic mass is 9.81. The molecule has 44 heavy (non-hydrogen) atoms. The number of carbonyl (C=O) groups is 5. The molecule has 0 aromatic rings. The molecule has 2 amide bonds. The molecule has 1 saturated carbocycles. The molecule has 0 atom stereocenters. The number of hydrogen-bond donors (Lipinski definition) is 5. The predicted molar refractivity (Wildman–Crippen MR) is 164 cm³/mol. The van der Waals surface area contributed by atoms with Crippen LogP contribution in [-0.2, 0) is 24.0 Å². The highest BCUT2D eigenvalue weighted by atomic mass is 16.4. The molecule has 252 valence electrons. The van der Waals surface area contributed by atoms with Crippen molar-refractivity contribution in [2.24, 2.45) is 17.8 Å². The molecule has 0 aromatic carbocycles. The Kier molecular flexibility index (Phi) is 17.2. The van der Waals surface area contributed by atoms with Crippen molar-refractivity contribution in [1.82, 2.24) is 30.2 Å². The zero-order valence-electron chi connectivity index (χ0n) is 26.5. The van der Waals surface area contributed by atoms with Crippen LogP contribution in [0.3, 0.4) is 0 Å². The number of carbonyl (C=O) groups excluding carboxylic acids is 2. The number of nitrogens with one attached hydrogen (secondary N) is 2. The zero-order chi connectivity index (χ0) is 32.5. The van der Waals surface area contributed by atoms with Crippen LogP contribution in [0.5, 0.6) is 0 Å². The van der Waals surface area contributed by atoms with Crippen molar-refractivity contribution in [2.45, 2.75) is 52.4 Å². The average Bonchev–Trinajstić information content (AvgIpc) is 2.94. The van der Waals surface area contributed by atoms with Crippen molar-refractivity contribution < 1.29 is 39.3 Å². The third kappa shape index (κ3) is 16.3. The largest absolute Gasteiger partial charge is 0.480 e. The van der Waals surface area contributed by atoms with E-state index in [-0.39, 0.29) is 43.9 Å². The quantitative estimate of drug-likeness (QED) is 0.153. The molecule has 0 aromatic heterocycles. The Morgan fingerprint density at radius 3 is 1.43 bits per heavy atom. The van der Waals surface area contributed by atoms with Crippen LogP contribution in [0.1, 0.15) is 52.4 Å². The van der Waals surface area contributed by atoms with Gasteiger partial charge in [0, 0.05) is 71.4 Å². The highest BCUT2D eigenvalue weighted by Crippen LogP contribution is 2.28. The fourth-order valence-electron chi connectivity index (χ4n) is 5.80. The third-order valence-corrected chi connectivity index (χ3v) is 8.44. The van der Waals surface area contributed by atoms with E-state index >= 15 is 0 Å². The van der Waals surface area contributed by atoms with Gasteiger partial charge in [-0.2, -0.15) is 0 Å². The van der Waals surface area contributed by atoms with Crippen molar-refractivity contribution in [1.29, 1.82) is 0 Å². The van der Waals surface area contributed by atoms with Crippen LogP contribution >= 0.6 is 0 Å². The standard InChI is InChI=1S/C30H54N6O8/c1-23(2)4-3-9-31-30(44)25-7-5-24(6-8-25)18-32-26(37)19-33-10-12-34(20-27(38)39)14-16-36(22-29(42)43)17-15-35(13-11-33)21-28(40)41/h23-25H,3-22H2,1-2H3,(H,31,44)(H,32,37)(H,38,39)(H,40,41)(H,42,43)/t24-,25-. The first kappa shape index (κ1) is 37.4. The molecule has 0 bridgehead atoms. The summed E-state index contributed by atoms with van der Waals surface area (Å²) in [4.78, 5) is 66.8. The summed E-state index contributed by atoms with van der Waals surface area (Å²) < 4.78 is 0. The number of amides is 2. The minimum absolute atomic E-state index is 0.0297. The van der Waals surface area contributed by atoms with Crippen molar-refractivity contribution >= 4 is 29.7 Å². The van der Waals surface area contributed by atoms with Crippen molar-refractivity contribution in [3.63, 3.8) is 0 Å². The summed E-state index contributed by atoms with van der Waals surface area (Å²) in [6.45, 7) is 7.90. The predicted octanol–water partition coefficient (Wildman–Crippen LogP) is -0.0632. The van der Waals surface area contributed by atoms with E-state index < -0.39 is 17.9 Å². The number of rotatable bonds is 15. The molecule has 0 radical (unpaired) electrons. The van der Waals surface area contributed by atoms with Gasteiger partial charge in [-0.1, -0.05) is 13.8 Å². The maximum atomic E-state index is 13.0. The van der Waals surface area contributed by atoms with Gasteiger partial charge in [0.2, 0.25) is 11.8 Å². The van der Waals surface area contributed by atoms with Gasteiger partial charge >= 0.3 is 17.9 Å². The molecule has 5 N–H and O–H groups in total. The Balaban J connectivity index is 1.89. The highest BCUT2D eigenvalue weighted by molar-refractivity contribution is 5.79. The molecule has 2 rings (SSSR count). The van der Waals surface area contributed by atoms with E-state index in [1.165, 1.54) is 0 Å². The van der Waals surface area contributed by atoms with Gasteiger partial charge in [-0.3, -0.25) is 43.6 Å². The number of hydrogen-bond acceptors (Lipinski definition) is 9. The Morgan fingerprint density at radius 2 is 1.05 bits per heavy atom. The van der Waals surface area contributed by atoms with Gasteiger partial charge in [-0.05, 0) is 50.4 Å². The lowest BCUT2D eigenvalue weighted by Crippen LogP contribution is -2.50. The molecule has 0 spiro atoms. The monoisotopic (exact) mass is 626 g/mol. The van der Waals surface area contributed by atoms with Gasteiger partial charge in [0.25, 0.3) is 0 Å². The summed E-state index contributed by atoms with van der Waals surface area (Å²) in [5.74, 6) is -2.03. The molecule has 14 heteroatoms. The number of nitrogens with zero attached hydrogens (tertiary/aromatic N) is 4. The number of carboxylic acids is 3. The van der Waals surface area contributed by atoms with Crippen LogP contribution in [0.4, 0.5) is 0 Å².